The van der Waals surface area contributed by atoms with Crippen molar-refractivity contribution in [3.8, 4) is 0 Å². The Bertz CT molecular complexity index is 481. The Kier molecular flexibility index (Phi) is 4.08. The number of hydrogen-bond donors (Lipinski definition) is 1. The molecule has 1 aliphatic heterocycles. The van der Waals surface area contributed by atoms with Crippen molar-refractivity contribution in [2.45, 2.75) is 6.17 Å². The molecule has 1 aliphatic rings. The van der Waals surface area contributed by atoms with Crippen LogP contribution in [0.3, 0.4) is 0 Å². The van der Waals surface area contributed by atoms with Gasteiger partial charge in [-0.2, -0.15) is 0 Å². The van der Waals surface area contributed by atoms with E-state index in [9.17, 15) is 13.4 Å². The highest BCUT2D eigenvalue weighted by molar-refractivity contribution is 7.84. The number of carbonyl (C=O) groups is 1. The van der Waals surface area contributed by atoms with Gasteiger partial charge in [-0.3, -0.25) is 14.3 Å². The lowest BCUT2D eigenvalue weighted by Gasteiger charge is -2.24. The summed E-state index contributed by atoms with van der Waals surface area (Å²) in [6.07, 6.45) is 1.13. The second kappa shape index (κ2) is 5.58. The van der Waals surface area contributed by atoms with Gasteiger partial charge in [-0.1, -0.05) is 18.2 Å². The summed E-state index contributed by atoms with van der Waals surface area (Å²) in [6.45, 7) is 0.559. The summed E-state index contributed by atoms with van der Waals surface area (Å²) in [4.78, 5) is 13.3. The lowest BCUT2D eigenvalue weighted by Crippen LogP contribution is -2.34. The topological polar surface area (TPSA) is 49.4 Å². The van der Waals surface area contributed by atoms with Crippen LogP contribution in [0, 0.1) is 5.82 Å². The first-order valence-corrected chi connectivity index (χ1v) is 7.39. The minimum absolute atomic E-state index is 0.0892. The van der Waals surface area contributed by atoms with Crippen molar-refractivity contribution in [3.05, 3.63) is 35.6 Å². The monoisotopic (exact) mass is 270 g/mol. The molecule has 1 N–H and O–H groups in total. The number of halogens is 1. The van der Waals surface area contributed by atoms with E-state index in [4.69, 9.17) is 0 Å². The Hall–Kier alpha value is -1.27. The third-order valence-electron chi connectivity index (χ3n) is 2.90. The van der Waals surface area contributed by atoms with Crippen molar-refractivity contribution in [3.63, 3.8) is 0 Å². The van der Waals surface area contributed by atoms with Crippen molar-refractivity contribution < 1.29 is 13.4 Å². The first-order chi connectivity index (χ1) is 8.59. The normalized spacial score (nSPS) is 21.3. The Labute approximate surface area is 108 Å². The van der Waals surface area contributed by atoms with Crippen LogP contribution in [0.2, 0.25) is 0 Å². The van der Waals surface area contributed by atoms with E-state index in [-0.39, 0.29) is 18.3 Å². The molecule has 0 aromatic heterocycles. The maximum atomic E-state index is 13.7. The van der Waals surface area contributed by atoms with Gasteiger partial charge in [-0.25, -0.2) is 4.39 Å². The summed E-state index contributed by atoms with van der Waals surface area (Å²) in [5.41, 5.74) is 0.449. The number of rotatable bonds is 4. The molecule has 0 spiro atoms. The van der Waals surface area contributed by atoms with E-state index >= 15 is 0 Å². The standard InChI is InChI=1S/C12H15FN2O2S/c1-18(17)7-6-15-11(16)8-14-12(15)9-4-2-3-5-10(9)13/h2-5,12,14H,6-8H2,1H3. The summed E-state index contributed by atoms with van der Waals surface area (Å²) < 4.78 is 24.8. The van der Waals surface area contributed by atoms with E-state index in [1.807, 2.05) is 0 Å². The van der Waals surface area contributed by atoms with Crippen LogP contribution in [0.25, 0.3) is 0 Å². The van der Waals surface area contributed by atoms with Gasteiger partial charge in [0.25, 0.3) is 0 Å². The van der Waals surface area contributed by atoms with Crippen molar-refractivity contribution in [1.82, 2.24) is 10.2 Å². The average molecular weight is 270 g/mol. The smallest absolute Gasteiger partial charge is 0.238 e. The van der Waals surface area contributed by atoms with Gasteiger partial charge >= 0.3 is 0 Å². The Balaban J connectivity index is 2.19. The van der Waals surface area contributed by atoms with Crippen LogP contribution in [0.1, 0.15) is 11.7 Å². The average Bonchev–Trinajstić information content (AvgIpc) is 2.68. The summed E-state index contributed by atoms with van der Waals surface area (Å²) in [6, 6.07) is 6.37. The summed E-state index contributed by atoms with van der Waals surface area (Å²) in [5.74, 6) is -0.0284. The maximum absolute atomic E-state index is 13.7. The highest BCUT2D eigenvalue weighted by Gasteiger charge is 2.32. The van der Waals surface area contributed by atoms with Crippen LogP contribution in [0.15, 0.2) is 24.3 Å². The molecule has 0 aliphatic carbocycles. The Morgan fingerprint density at radius 1 is 1.50 bits per heavy atom. The Morgan fingerprint density at radius 2 is 2.22 bits per heavy atom. The molecule has 4 nitrogen and oxygen atoms in total. The van der Waals surface area contributed by atoms with E-state index in [1.165, 1.54) is 6.07 Å². The summed E-state index contributed by atoms with van der Waals surface area (Å²) >= 11 is 0. The molecule has 0 bridgehead atoms. The van der Waals surface area contributed by atoms with Crippen LogP contribution in [0.4, 0.5) is 4.39 Å². The van der Waals surface area contributed by atoms with Gasteiger partial charge < -0.3 is 4.90 Å². The van der Waals surface area contributed by atoms with E-state index in [0.717, 1.165) is 0 Å². The number of hydrogen-bond acceptors (Lipinski definition) is 3. The molecule has 1 aromatic carbocycles. The molecule has 1 aromatic rings. The number of carbonyl (C=O) groups excluding carboxylic acids is 1. The minimum atomic E-state index is -0.969. The number of benzene rings is 1. The van der Waals surface area contributed by atoms with E-state index < -0.39 is 17.0 Å². The second-order valence-electron chi connectivity index (χ2n) is 4.17. The van der Waals surface area contributed by atoms with E-state index in [2.05, 4.69) is 5.32 Å². The number of nitrogens with one attached hydrogen (secondary N) is 1. The first kappa shape index (κ1) is 13.2. The molecule has 1 heterocycles. The first-order valence-electron chi connectivity index (χ1n) is 5.67. The third kappa shape index (κ3) is 2.76. The molecule has 1 fully saturated rings. The number of nitrogens with zero attached hydrogens (tertiary/aromatic N) is 1. The fraction of sp³-hybridized carbons (Fsp3) is 0.417. The highest BCUT2D eigenvalue weighted by Crippen LogP contribution is 2.24. The molecule has 0 radical (unpaired) electrons. The second-order valence-corrected chi connectivity index (χ2v) is 5.72. The molecule has 2 unspecified atom stereocenters. The molecule has 1 amide bonds. The molecule has 1 saturated heterocycles. The van der Waals surface area contributed by atoms with Crippen molar-refractivity contribution >= 4 is 16.7 Å². The quantitative estimate of drug-likeness (QED) is 0.873. The third-order valence-corrected chi connectivity index (χ3v) is 3.66. The van der Waals surface area contributed by atoms with Crippen LogP contribution in [-0.4, -0.2) is 40.1 Å². The number of amides is 1. The van der Waals surface area contributed by atoms with Gasteiger partial charge in [0, 0.05) is 34.9 Å². The van der Waals surface area contributed by atoms with Gasteiger partial charge in [0.1, 0.15) is 12.0 Å². The molecular formula is C12H15FN2O2S. The van der Waals surface area contributed by atoms with Crippen molar-refractivity contribution in [2.24, 2.45) is 0 Å². The molecule has 6 heteroatoms. The predicted molar refractivity (Wildman–Crippen MR) is 67.8 cm³/mol. The Morgan fingerprint density at radius 3 is 2.89 bits per heavy atom. The van der Waals surface area contributed by atoms with Gasteiger partial charge in [0.15, 0.2) is 0 Å². The molecule has 98 valence electrons. The summed E-state index contributed by atoms with van der Waals surface area (Å²) in [7, 11) is -0.969. The fourth-order valence-electron chi connectivity index (χ4n) is 2.00. The van der Waals surface area contributed by atoms with Crippen molar-refractivity contribution in [2.75, 3.05) is 25.1 Å². The van der Waals surface area contributed by atoms with Crippen LogP contribution < -0.4 is 5.32 Å². The van der Waals surface area contributed by atoms with Gasteiger partial charge in [-0.05, 0) is 6.07 Å². The largest absolute Gasteiger partial charge is 0.321 e. The van der Waals surface area contributed by atoms with Gasteiger partial charge in [0.2, 0.25) is 5.91 Å². The van der Waals surface area contributed by atoms with Crippen LogP contribution in [-0.2, 0) is 15.6 Å². The van der Waals surface area contributed by atoms with E-state index in [0.29, 0.717) is 17.9 Å². The highest BCUT2D eigenvalue weighted by atomic mass is 32.2. The predicted octanol–water partition coefficient (Wildman–Crippen LogP) is 0.635. The zero-order valence-corrected chi connectivity index (χ0v) is 10.9. The molecule has 0 saturated carbocycles. The van der Waals surface area contributed by atoms with Crippen molar-refractivity contribution in [1.29, 1.82) is 0 Å². The summed E-state index contributed by atoms with van der Waals surface area (Å²) in [5, 5.41) is 2.97. The maximum Gasteiger partial charge on any atom is 0.238 e. The molecule has 2 atom stereocenters. The zero-order valence-electron chi connectivity index (χ0n) is 10.1. The minimum Gasteiger partial charge on any atom is -0.321 e. The molecule has 2 rings (SSSR count). The van der Waals surface area contributed by atoms with Gasteiger partial charge in [0.05, 0.1) is 6.54 Å². The lowest BCUT2D eigenvalue weighted by atomic mass is 10.1. The van der Waals surface area contributed by atoms with Crippen LogP contribution >= 0.6 is 0 Å². The fourth-order valence-corrected chi connectivity index (χ4v) is 2.45. The SMILES string of the molecule is CS(=O)CCN1C(=O)CNC1c1ccccc1F. The molecular weight excluding hydrogens is 255 g/mol. The van der Waals surface area contributed by atoms with E-state index in [1.54, 1.807) is 29.4 Å². The lowest BCUT2D eigenvalue weighted by molar-refractivity contribution is -0.127. The van der Waals surface area contributed by atoms with Crippen LogP contribution in [0.5, 0.6) is 0 Å². The zero-order chi connectivity index (χ0) is 13.1. The van der Waals surface area contributed by atoms with Gasteiger partial charge in [-0.15, -0.1) is 0 Å². The molecule has 18 heavy (non-hydrogen) atoms.